The first-order valence-corrected chi connectivity index (χ1v) is 13.3. The third kappa shape index (κ3) is 5.37. The highest BCUT2D eigenvalue weighted by atomic mass is 32.2. The third-order valence-electron chi connectivity index (χ3n) is 5.21. The number of rotatable bonds is 7. The Morgan fingerprint density at radius 1 is 1.12 bits per heavy atom. The number of hydrazone groups is 1. The molecule has 1 atom stereocenters. The molecular formula is C23H23N5O4S2. The van der Waals surface area contributed by atoms with Gasteiger partial charge in [-0.1, -0.05) is 43.0 Å². The molecule has 1 unspecified atom stereocenters. The van der Waals surface area contributed by atoms with Crippen LogP contribution >= 0.6 is 11.8 Å². The zero-order valence-corrected chi connectivity index (χ0v) is 20.2. The Morgan fingerprint density at radius 2 is 1.82 bits per heavy atom. The molecule has 0 bridgehead atoms. The van der Waals surface area contributed by atoms with E-state index >= 15 is 0 Å². The van der Waals surface area contributed by atoms with E-state index in [9.17, 15) is 18.0 Å². The molecule has 176 valence electrons. The molecule has 1 aliphatic rings. The van der Waals surface area contributed by atoms with Gasteiger partial charge in [0.15, 0.2) is 9.84 Å². The van der Waals surface area contributed by atoms with Crippen molar-refractivity contribution in [3.8, 4) is 0 Å². The van der Waals surface area contributed by atoms with Gasteiger partial charge >= 0.3 is 5.24 Å². The number of aromatic nitrogens is 2. The topological polar surface area (TPSA) is 125 Å². The molecule has 1 aliphatic heterocycles. The van der Waals surface area contributed by atoms with Crippen LogP contribution in [0.1, 0.15) is 35.0 Å². The molecule has 0 aliphatic carbocycles. The number of nitrogens with one attached hydrogen (secondary N) is 2. The summed E-state index contributed by atoms with van der Waals surface area (Å²) in [6.45, 7) is 2.25. The molecule has 2 aromatic carbocycles. The molecule has 0 spiro atoms. The number of nitrogens with zero attached hydrogens (tertiary/aromatic N) is 3. The Kier molecular flexibility index (Phi) is 6.85. The molecule has 11 heteroatoms. The molecule has 4 rings (SSSR count). The first kappa shape index (κ1) is 23.7. The number of amides is 2. The van der Waals surface area contributed by atoms with E-state index in [1.807, 2.05) is 19.1 Å². The number of H-pyrrole nitrogens is 1. The second-order valence-electron chi connectivity index (χ2n) is 7.73. The molecule has 9 nitrogen and oxygen atoms in total. The van der Waals surface area contributed by atoms with Crippen molar-refractivity contribution in [2.24, 2.45) is 5.10 Å². The highest BCUT2D eigenvalue weighted by Crippen LogP contribution is 2.30. The summed E-state index contributed by atoms with van der Waals surface area (Å²) >= 11 is 1.21. The summed E-state index contributed by atoms with van der Waals surface area (Å²) in [5.74, 6) is -0.321. The van der Waals surface area contributed by atoms with E-state index < -0.39 is 9.84 Å². The summed E-state index contributed by atoms with van der Waals surface area (Å²) < 4.78 is 23.5. The maximum Gasteiger partial charge on any atom is 0.302 e. The molecule has 0 saturated carbocycles. The SMILES string of the molecule is CCC1SC(=O)N(Cc2ccc(NC(=O)c3cc[nH]n3)cc2)N=C1c1ccc(S(C)(=O)=O)cc1. The van der Waals surface area contributed by atoms with Crippen LogP contribution in [0.2, 0.25) is 0 Å². The molecule has 2 N–H and O–H groups in total. The van der Waals surface area contributed by atoms with Gasteiger partial charge in [-0.2, -0.15) is 10.2 Å². The normalized spacial score (nSPS) is 16.3. The minimum absolute atomic E-state index is 0.118. The fourth-order valence-electron chi connectivity index (χ4n) is 3.42. The minimum Gasteiger partial charge on any atom is -0.321 e. The second kappa shape index (κ2) is 9.82. The van der Waals surface area contributed by atoms with Gasteiger partial charge in [0.25, 0.3) is 5.91 Å². The van der Waals surface area contributed by atoms with E-state index in [1.165, 1.54) is 23.0 Å². The monoisotopic (exact) mass is 497 g/mol. The van der Waals surface area contributed by atoms with Gasteiger partial charge < -0.3 is 5.32 Å². The number of thioether (sulfide) groups is 1. The molecule has 1 aromatic heterocycles. The Labute approximate surface area is 201 Å². The number of carbonyl (C=O) groups excluding carboxylic acids is 2. The third-order valence-corrected chi connectivity index (χ3v) is 7.60. The van der Waals surface area contributed by atoms with Crippen LogP contribution in [-0.2, 0) is 16.4 Å². The number of anilines is 1. The van der Waals surface area contributed by atoms with E-state index in [0.29, 0.717) is 12.1 Å². The Bertz CT molecular complexity index is 1320. The lowest BCUT2D eigenvalue weighted by atomic mass is 10.1. The number of benzene rings is 2. The summed E-state index contributed by atoms with van der Waals surface area (Å²) in [7, 11) is -3.29. The van der Waals surface area contributed by atoms with Crippen molar-refractivity contribution in [2.75, 3.05) is 11.6 Å². The van der Waals surface area contributed by atoms with Crippen molar-refractivity contribution in [1.29, 1.82) is 0 Å². The number of hydrogen-bond donors (Lipinski definition) is 2. The lowest BCUT2D eigenvalue weighted by Crippen LogP contribution is -2.34. The summed E-state index contributed by atoms with van der Waals surface area (Å²) in [6, 6.07) is 15.3. The smallest absolute Gasteiger partial charge is 0.302 e. The van der Waals surface area contributed by atoms with Gasteiger partial charge in [-0.15, -0.1) is 0 Å². The summed E-state index contributed by atoms with van der Waals surface area (Å²) in [4.78, 5) is 25.1. The van der Waals surface area contributed by atoms with Crippen LogP contribution in [0.4, 0.5) is 10.5 Å². The molecule has 0 saturated heterocycles. The van der Waals surface area contributed by atoms with E-state index in [-0.39, 0.29) is 33.5 Å². The maximum atomic E-state index is 12.7. The van der Waals surface area contributed by atoms with Crippen LogP contribution in [0.3, 0.4) is 0 Å². The molecule has 0 radical (unpaired) electrons. The average Bonchev–Trinajstić information content (AvgIpc) is 3.36. The summed E-state index contributed by atoms with van der Waals surface area (Å²) in [5.41, 5.74) is 3.25. The fraction of sp³-hybridized carbons (Fsp3) is 0.217. The number of carbonyl (C=O) groups is 2. The Balaban J connectivity index is 1.51. The molecule has 0 fully saturated rings. The van der Waals surface area contributed by atoms with Crippen molar-refractivity contribution in [3.05, 3.63) is 77.6 Å². The zero-order valence-electron chi connectivity index (χ0n) is 18.6. The van der Waals surface area contributed by atoms with Gasteiger partial charge in [0, 0.05) is 18.1 Å². The summed E-state index contributed by atoms with van der Waals surface area (Å²) in [5, 5.41) is 15.0. The lowest BCUT2D eigenvalue weighted by molar-refractivity contribution is 0.102. The molecule has 34 heavy (non-hydrogen) atoms. The van der Waals surface area contributed by atoms with Crippen LogP contribution < -0.4 is 5.32 Å². The minimum atomic E-state index is -3.29. The standard InChI is InChI=1S/C23H23N5O4S2/c1-3-20-21(16-6-10-18(11-7-16)34(2,31)32)27-28(23(30)33-20)14-15-4-8-17(9-5-15)25-22(29)19-12-13-24-26-19/h4-13,20H,3,14H2,1-2H3,(H,24,26)(H,25,29). The van der Waals surface area contributed by atoms with E-state index in [2.05, 4.69) is 20.6 Å². The van der Waals surface area contributed by atoms with Gasteiger partial charge in [0.05, 0.1) is 22.4 Å². The van der Waals surface area contributed by atoms with Crippen LogP contribution in [0.5, 0.6) is 0 Å². The Morgan fingerprint density at radius 3 is 2.41 bits per heavy atom. The number of aromatic amines is 1. The molecule has 3 aromatic rings. The quantitative estimate of drug-likeness (QED) is 0.510. The van der Waals surface area contributed by atoms with E-state index in [0.717, 1.165) is 16.8 Å². The lowest BCUT2D eigenvalue weighted by Gasteiger charge is -2.28. The molecule has 2 amide bonds. The van der Waals surface area contributed by atoms with Crippen LogP contribution in [0, 0.1) is 0 Å². The largest absolute Gasteiger partial charge is 0.321 e. The first-order chi connectivity index (χ1) is 16.2. The maximum absolute atomic E-state index is 12.7. The van der Waals surface area contributed by atoms with Crippen LogP contribution in [0.15, 0.2) is 70.8 Å². The van der Waals surface area contributed by atoms with E-state index in [1.54, 1.807) is 48.7 Å². The van der Waals surface area contributed by atoms with Crippen molar-refractivity contribution >= 4 is 44.1 Å². The predicted octanol–water partition coefficient (Wildman–Crippen LogP) is 3.92. The van der Waals surface area contributed by atoms with Gasteiger partial charge in [0.1, 0.15) is 5.69 Å². The first-order valence-electron chi connectivity index (χ1n) is 10.5. The highest BCUT2D eigenvalue weighted by Gasteiger charge is 2.30. The average molecular weight is 498 g/mol. The van der Waals surface area contributed by atoms with Gasteiger partial charge in [0.2, 0.25) is 0 Å². The van der Waals surface area contributed by atoms with Crippen molar-refractivity contribution < 1.29 is 18.0 Å². The predicted molar refractivity (Wildman–Crippen MR) is 132 cm³/mol. The van der Waals surface area contributed by atoms with Crippen molar-refractivity contribution in [2.45, 2.75) is 30.0 Å². The fourth-order valence-corrected chi connectivity index (χ4v) is 4.98. The Hall–Kier alpha value is -3.44. The zero-order chi connectivity index (χ0) is 24.3. The van der Waals surface area contributed by atoms with Crippen molar-refractivity contribution in [1.82, 2.24) is 15.2 Å². The van der Waals surface area contributed by atoms with Gasteiger partial charge in [-0.3, -0.25) is 14.7 Å². The summed E-state index contributed by atoms with van der Waals surface area (Å²) in [6.07, 6.45) is 3.45. The second-order valence-corrected chi connectivity index (χ2v) is 10.9. The molecule has 2 heterocycles. The number of sulfone groups is 1. The van der Waals surface area contributed by atoms with Crippen molar-refractivity contribution in [3.63, 3.8) is 0 Å². The number of hydrogen-bond acceptors (Lipinski definition) is 7. The highest BCUT2D eigenvalue weighted by molar-refractivity contribution is 8.14. The molecular weight excluding hydrogens is 474 g/mol. The van der Waals surface area contributed by atoms with E-state index in [4.69, 9.17) is 0 Å². The van der Waals surface area contributed by atoms with Gasteiger partial charge in [-0.05, 0) is 47.9 Å². The van der Waals surface area contributed by atoms with Crippen LogP contribution in [-0.4, -0.2) is 52.0 Å². The van der Waals surface area contributed by atoms with Crippen LogP contribution in [0.25, 0.3) is 0 Å². The van der Waals surface area contributed by atoms with Gasteiger partial charge in [-0.25, -0.2) is 13.4 Å².